The maximum Gasteiger partial charge on any atom is 0.153 e. The number of ether oxygens (including phenoxy) is 1. The molecule has 0 bridgehead atoms. The summed E-state index contributed by atoms with van der Waals surface area (Å²) in [4.78, 5) is 12.6. The van der Waals surface area contributed by atoms with Crippen LogP contribution in [0.2, 0.25) is 0 Å². The van der Waals surface area contributed by atoms with Gasteiger partial charge in [0, 0.05) is 10.6 Å². The first kappa shape index (κ1) is 20.9. The summed E-state index contributed by atoms with van der Waals surface area (Å²) >= 11 is 1.73. The molecule has 0 fully saturated rings. The van der Waals surface area contributed by atoms with Crippen LogP contribution in [0.3, 0.4) is 0 Å². The number of aldehydes is 1. The number of hydrogen-bond donors (Lipinski definition) is 1. The molecule has 2 aromatic rings. The number of nitrogens with zero attached hydrogens (tertiary/aromatic N) is 1. The molecule has 0 radical (unpaired) electrons. The molecule has 150 valence electrons. The Hall–Kier alpha value is -1.82. The summed E-state index contributed by atoms with van der Waals surface area (Å²) in [5.41, 5.74) is 2.23. The molecule has 0 spiro atoms. The van der Waals surface area contributed by atoms with Crippen LogP contribution in [-0.2, 0) is 0 Å². The van der Waals surface area contributed by atoms with Gasteiger partial charge in [0.2, 0.25) is 0 Å². The van der Waals surface area contributed by atoms with Gasteiger partial charge >= 0.3 is 0 Å². The van der Waals surface area contributed by atoms with E-state index < -0.39 is 0 Å². The number of fused-ring (bicyclic) bond motifs is 1. The Kier molecular flexibility index (Phi) is 6.81. The van der Waals surface area contributed by atoms with Crippen LogP contribution in [0.4, 0.5) is 0 Å². The molecule has 2 aromatic carbocycles. The number of hydroxylamine groups is 2. The number of unbranched alkanes of at least 4 members (excludes halogenated alkanes) is 1. The van der Waals surface area contributed by atoms with Crippen LogP contribution in [0.5, 0.6) is 5.75 Å². The van der Waals surface area contributed by atoms with Crippen molar-refractivity contribution in [2.45, 2.75) is 56.0 Å². The SMILES string of the molecule is CCCCC1(CC)CSc2cc(C=O)c(OC)cc2C(c2ccccc2)N1O. The largest absolute Gasteiger partial charge is 0.496 e. The van der Waals surface area contributed by atoms with Gasteiger partial charge in [-0.15, -0.1) is 11.8 Å². The maximum absolute atomic E-state index is 11.6. The van der Waals surface area contributed by atoms with Crippen molar-refractivity contribution in [2.24, 2.45) is 0 Å². The molecule has 0 aromatic heterocycles. The minimum atomic E-state index is -0.325. The molecule has 5 heteroatoms. The van der Waals surface area contributed by atoms with Gasteiger partial charge in [-0.1, -0.05) is 57.0 Å². The molecule has 1 aliphatic heterocycles. The molecular weight excluding hydrogens is 370 g/mol. The van der Waals surface area contributed by atoms with Gasteiger partial charge < -0.3 is 9.94 Å². The predicted octanol–water partition coefficient (Wildman–Crippen LogP) is 5.73. The zero-order valence-electron chi connectivity index (χ0n) is 16.9. The molecule has 1 heterocycles. The highest BCUT2D eigenvalue weighted by Gasteiger charge is 2.43. The van der Waals surface area contributed by atoms with Gasteiger partial charge in [0.25, 0.3) is 0 Å². The van der Waals surface area contributed by atoms with Crippen LogP contribution < -0.4 is 4.74 Å². The van der Waals surface area contributed by atoms with Crippen LogP contribution in [0.15, 0.2) is 47.4 Å². The molecule has 1 N–H and O–H groups in total. The molecule has 1 aliphatic rings. The summed E-state index contributed by atoms with van der Waals surface area (Å²) in [6, 6.07) is 13.6. The first-order valence-corrected chi connectivity index (χ1v) is 10.9. The molecular formula is C23H29NO3S. The Morgan fingerprint density at radius 2 is 2.04 bits per heavy atom. The Bertz CT molecular complexity index is 811. The van der Waals surface area contributed by atoms with E-state index in [4.69, 9.17) is 4.74 Å². The molecule has 0 aliphatic carbocycles. The molecule has 3 rings (SSSR count). The van der Waals surface area contributed by atoms with Gasteiger partial charge in [-0.3, -0.25) is 4.79 Å². The Morgan fingerprint density at radius 3 is 2.64 bits per heavy atom. The van der Waals surface area contributed by atoms with E-state index in [1.807, 2.05) is 42.5 Å². The topological polar surface area (TPSA) is 49.8 Å². The van der Waals surface area contributed by atoms with Crippen LogP contribution in [-0.4, -0.2) is 35.0 Å². The van der Waals surface area contributed by atoms with Crippen molar-refractivity contribution >= 4 is 18.0 Å². The second-order valence-electron chi connectivity index (χ2n) is 7.38. The van der Waals surface area contributed by atoms with E-state index in [0.717, 1.165) is 53.7 Å². The average Bonchev–Trinajstić information content (AvgIpc) is 2.86. The smallest absolute Gasteiger partial charge is 0.153 e. The van der Waals surface area contributed by atoms with E-state index in [0.29, 0.717) is 11.3 Å². The van der Waals surface area contributed by atoms with Crippen LogP contribution in [0.1, 0.15) is 67.1 Å². The first-order valence-electron chi connectivity index (χ1n) is 9.93. The van der Waals surface area contributed by atoms with Gasteiger partial charge in [-0.2, -0.15) is 5.06 Å². The number of carbonyl (C=O) groups excluding carboxylic acids is 1. The van der Waals surface area contributed by atoms with Crippen molar-refractivity contribution in [2.75, 3.05) is 12.9 Å². The standard InChI is InChI=1S/C23H29NO3S/c1-4-6-12-23(5-2)16-28-21-13-18(15-25)20(27-3)14-19(21)22(24(23)26)17-10-8-7-9-11-17/h7-11,13-15,22,26H,4-6,12,16H2,1-3H3. The number of carbonyl (C=O) groups is 1. The lowest BCUT2D eigenvalue weighted by Gasteiger charge is -2.42. The Labute approximate surface area is 171 Å². The summed E-state index contributed by atoms with van der Waals surface area (Å²) in [5.74, 6) is 1.32. The highest BCUT2D eigenvalue weighted by Crippen LogP contribution is 2.47. The quantitative estimate of drug-likeness (QED) is 0.602. The van der Waals surface area contributed by atoms with Crippen LogP contribution in [0.25, 0.3) is 0 Å². The summed E-state index contributed by atoms with van der Waals surface area (Å²) in [7, 11) is 1.57. The summed E-state index contributed by atoms with van der Waals surface area (Å²) < 4.78 is 5.47. The third-order valence-corrected chi connectivity index (χ3v) is 7.13. The van der Waals surface area contributed by atoms with Crippen molar-refractivity contribution < 1.29 is 14.7 Å². The normalized spacial score (nSPS) is 22.4. The fourth-order valence-electron chi connectivity index (χ4n) is 3.97. The van der Waals surface area contributed by atoms with E-state index in [2.05, 4.69) is 13.8 Å². The molecule has 4 nitrogen and oxygen atoms in total. The fourth-order valence-corrected chi connectivity index (χ4v) is 5.42. The molecule has 0 amide bonds. The first-order chi connectivity index (χ1) is 13.6. The zero-order valence-corrected chi connectivity index (χ0v) is 17.7. The van der Waals surface area contributed by atoms with E-state index in [1.165, 1.54) is 0 Å². The third kappa shape index (κ3) is 3.84. The number of thioether (sulfide) groups is 1. The van der Waals surface area contributed by atoms with Gasteiger partial charge in [0.15, 0.2) is 6.29 Å². The molecule has 2 unspecified atom stereocenters. The lowest BCUT2D eigenvalue weighted by atomic mass is 9.87. The molecule has 2 atom stereocenters. The van der Waals surface area contributed by atoms with Crippen LogP contribution >= 0.6 is 11.8 Å². The minimum Gasteiger partial charge on any atom is -0.496 e. The maximum atomic E-state index is 11.6. The number of methoxy groups -OCH3 is 1. The third-order valence-electron chi connectivity index (χ3n) is 5.78. The fraction of sp³-hybridized carbons (Fsp3) is 0.435. The summed E-state index contributed by atoms with van der Waals surface area (Å²) in [6.07, 6.45) is 4.77. The summed E-state index contributed by atoms with van der Waals surface area (Å²) in [5, 5.41) is 13.2. The van der Waals surface area contributed by atoms with E-state index in [1.54, 1.807) is 23.9 Å². The second-order valence-corrected chi connectivity index (χ2v) is 8.39. The monoisotopic (exact) mass is 399 g/mol. The van der Waals surface area contributed by atoms with E-state index in [-0.39, 0.29) is 11.6 Å². The van der Waals surface area contributed by atoms with Gasteiger partial charge in [-0.05, 0) is 36.1 Å². The lowest BCUT2D eigenvalue weighted by molar-refractivity contribution is -0.193. The lowest BCUT2D eigenvalue weighted by Crippen LogP contribution is -2.49. The van der Waals surface area contributed by atoms with E-state index in [9.17, 15) is 10.0 Å². The minimum absolute atomic E-state index is 0.308. The van der Waals surface area contributed by atoms with E-state index >= 15 is 0 Å². The highest BCUT2D eigenvalue weighted by molar-refractivity contribution is 7.99. The average molecular weight is 400 g/mol. The Balaban J connectivity index is 2.19. The number of benzene rings is 2. The number of hydrogen-bond acceptors (Lipinski definition) is 5. The van der Waals surface area contributed by atoms with Gasteiger partial charge in [-0.25, -0.2) is 0 Å². The highest BCUT2D eigenvalue weighted by atomic mass is 32.2. The zero-order chi connectivity index (χ0) is 20.1. The van der Waals surface area contributed by atoms with Crippen molar-refractivity contribution in [1.29, 1.82) is 0 Å². The Morgan fingerprint density at radius 1 is 1.29 bits per heavy atom. The van der Waals surface area contributed by atoms with Gasteiger partial charge in [0.1, 0.15) is 5.75 Å². The molecule has 0 saturated carbocycles. The van der Waals surface area contributed by atoms with Crippen molar-refractivity contribution in [3.05, 3.63) is 59.2 Å². The van der Waals surface area contributed by atoms with Crippen LogP contribution in [0, 0.1) is 0 Å². The molecule has 28 heavy (non-hydrogen) atoms. The second kappa shape index (κ2) is 9.12. The van der Waals surface area contributed by atoms with Gasteiger partial charge in [0.05, 0.1) is 24.3 Å². The molecule has 0 saturated heterocycles. The predicted molar refractivity (Wildman–Crippen MR) is 114 cm³/mol. The number of rotatable bonds is 7. The van der Waals surface area contributed by atoms with Crippen molar-refractivity contribution in [3.8, 4) is 5.75 Å². The summed E-state index contributed by atoms with van der Waals surface area (Å²) in [6.45, 7) is 4.33. The van der Waals surface area contributed by atoms with Crippen molar-refractivity contribution in [3.63, 3.8) is 0 Å². The van der Waals surface area contributed by atoms with Crippen molar-refractivity contribution in [1.82, 2.24) is 5.06 Å².